The molecular formula is C18H19ClO2. The molecule has 0 saturated heterocycles. The molecule has 0 saturated carbocycles. The van der Waals surface area contributed by atoms with E-state index in [4.69, 9.17) is 11.6 Å². The fraction of sp³-hybridized carbons (Fsp3) is 0.278. The first-order chi connectivity index (χ1) is 9.79. The molecule has 0 aliphatic heterocycles. The van der Waals surface area contributed by atoms with Crippen molar-refractivity contribution < 1.29 is 9.90 Å². The van der Waals surface area contributed by atoms with E-state index in [0.29, 0.717) is 16.1 Å². The molecule has 0 bridgehead atoms. The van der Waals surface area contributed by atoms with Gasteiger partial charge < -0.3 is 5.11 Å². The van der Waals surface area contributed by atoms with Gasteiger partial charge in [-0.3, -0.25) is 4.79 Å². The maximum Gasteiger partial charge on any atom is 0.193 e. The van der Waals surface area contributed by atoms with Crippen LogP contribution in [0.3, 0.4) is 0 Å². The molecule has 110 valence electrons. The number of aliphatic hydroxyl groups is 1. The summed E-state index contributed by atoms with van der Waals surface area (Å²) in [6.45, 7) is 5.93. The van der Waals surface area contributed by atoms with Crippen LogP contribution in [-0.2, 0) is 0 Å². The third-order valence-electron chi connectivity index (χ3n) is 3.42. The number of aliphatic hydroxyl groups excluding tert-OH is 1. The van der Waals surface area contributed by atoms with Gasteiger partial charge in [0.2, 0.25) is 0 Å². The number of halogens is 1. The van der Waals surface area contributed by atoms with Gasteiger partial charge in [-0.05, 0) is 35.2 Å². The first kappa shape index (κ1) is 15.7. The van der Waals surface area contributed by atoms with Gasteiger partial charge in [0, 0.05) is 16.1 Å². The van der Waals surface area contributed by atoms with E-state index in [9.17, 15) is 9.90 Å². The summed E-state index contributed by atoms with van der Waals surface area (Å²) in [6, 6.07) is 13.9. The second-order valence-corrected chi connectivity index (χ2v) is 6.66. The number of hydrogen-bond acceptors (Lipinski definition) is 2. The van der Waals surface area contributed by atoms with Gasteiger partial charge in [-0.1, -0.05) is 56.6 Å². The second-order valence-electron chi connectivity index (χ2n) is 6.23. The lowest BCUT2D eigenvalue weighted by atomic mass is 9.84. The summed E-state index contributed by atoms with van der Waals surface area (Å²) in [4.78, 5) is 12.3. The molecule has 2 aromatic rings. The summed E-state index contributed by atoms with van der Waals surface area (Å²) in [5, 5.41) is 10.8. The molecule has 0 heterocycles. The predicted molar refractivity (Wildman–Crippen MR) is 85.7 cm³/mol. The van der Waals surface area contributed by atoms with Crippen LogP contribution < -0.4 is 0 Å². The van der Waals surface area contributed by atoms with Crippen molar-refractivity contribution in [2.45, 2.75) is 26.9 Å². The number of ketones is 1. The Morgan fingerprint density at radius 1 is 0.952 bits per heavy atom. The van der Waals surface area contributed by atoms with Crippen LogP contribution in [0.2, 0.25) is 5.02 Å². The van der Waals surface area contributed by atoms with Crippen molar-refractivity contribution in [1.29, 1.82) is 0 Å². The fourth-order valence-corrected chi connectivity index (χ4v) is 2.21. The summed E-state index contributed by atoms with van der Waals surface area (Å²) in [5.41, 5.74) is 1.78. The molecule has 1 unspecified atom stereocenters. The minimum atomic E-state index is -0.558. The van der Waals surface area contributed by atoms with Crippen molar-refractivity contribution in [2.75, 3.05) is 0 Å². The molecule has 21 heavy (non-hydrogen) atoms. The average molecular weight is 303 g/mol. The highest BCUT2D eigenvalue weighted by atomic mass is 35.5. The van der Waals surface area contributed by atoms with Gasteiger partial charge in [0.05, 0.1) is 6.10 Å². The zero-order chi connectivity index (χ0) is 15.6. The topological polar surface area (TPSA) is 37.3 Å². The number of rotatable bonds is 3. The Kier molecular flexibility index (Phi) is 4.50. The molecule has 2 rings (SSSR count). The zero-order valence-corrected chi connectivity index (χ0v) is 13.2. The van der Waals surface area contributed by atoms with Crippen LogP contribution in [0.15, 0.2) is 48.5 Å². The fourth-order valence-electron chi connectivity index (χ4n) is 2.08. The molecule has 2 aromatic carbocycles. The van der Waals surface area contributed by atoms with Crippen molar-refractivity contribution >= 4 is 17.4 Å². The predicted octanol–water partition coefficient (Wildman–Crippen LogP) is 4.65. The highest BCUT2D eigenvalue weighted by Crippen LogP contribution is 2.32. The zero-order valence-electron chi connectivity index (χ0n) is 12.4. The third-order valence-corrected chi connectivity index (χ3v) is 3.67. The van der Waals surface area contributed by atoms with E-state index in [-0.39, 0.29) is 11.2 Å². The summed E-state index contributed by atoms with van der Waals surface area (Å²) in [6.07, 6.45) is -0.558. The molecule has 1 atom stereocenters. The lowest BCUT2D eigenvalue weighted by Crippen LogP contribution is -2.17. The summed E-state index contributed by atoms with van der Waals surface area (Å²) >= 11 is 5.82. The Morgan fingerprint density at radius 2 is 1.38 bits per heavy atom. The molecule has 0 aliphatic carbocycles. The van der Waals surface area contributed by atoms with Crippen LogP contribution in [-0.4, -0.2) is 10.9 Å². The van der Waals surface area contributed by atoms with Gasteiger partial charge in [-0.15, -0.1) is 0 Å². The van der Waals surface area contributed by atoms with E-state index in [1.807, 2.05) is 20.8 Å². The number of carbonyl (C=O) groups excluding carboxylic acids is 1. The van der Waals surface area contributed by atoms with Crippen LogP contribution in [0.5, 0.6) is 0 Å². The third kappa shape index (κ3) is 3.72. The maximum atomic E-state index is 12.3. The van der Waals surface area contributed by atoms with E-state index < -0.39 is 6.10 Å². The van der Waals surface area contributed by atoms with Crippen LogP contribution in [0, 0.1) is 5.41 Å². The summed E-state index contributed by atoms with van der Waals surface area (Å²) in [5.74, 6) is -0.0523. The molecule has 0 spiro atoms. The van der Waals surface area contributed by atoms with Crippen LogP contribution in [0.25, 0.3) is 0 Å². The molecule has 1 N–H and O–H groups in total. The van der Waals surface area contributed by atoms with E-state index in [0.717, 1.165) is 5.56 Å². The van der Waals surface area contributed by atoms with E-state index >= 15 is 0 Å². The van der Waals surface area contributed by atoms with Crippen LogP contribution in [0.1, 0.15) is 48.4 Å². The standard InChI is InChI=1S/C18H19ClO2/c1-18(2,3)17(21)14-6-4-12(5-7-14)16(20)13-8-10-15(19)11-9-13/h4-11,17,21H,1-3H3. The van der Waals surface area contributed by atoms with Gasteiger partial charge in [-0.25, -0.2) is 0 Å². The number of hydrogen-bond donors (Lipinski definition) is 1. The Hall–Kier alpha value is -1.64. The average Bonchev–Trinajstić information content (AvgIpc) is 2.46. The summed E-state index contributed by atoms with van der Waals surface area (Å²) in [7, 11) is 0. The lowest BCUT2D eigenvalue weighted by Gasteiger charge is -2.26. The first-order valence-corrected chi connectivity index (χ1v) is 7.25. The summed E-state index contributed by atoms with van der Waals surface area (Å²) < 4.78 is 0. The molecule has 0 radical (unpaired) electrons. The minimum Gasteiger partial charge on any atom is -0.388 e. The molecular weight excluding hydrogens is 284 g/mol. The first-order valence-electron chi connectivity index (χ1n) is 6.87. The van der Waals surface area contributed by atoms with Gasteiger partial charge >= 0.3 is 0 Å². The van der Waals surface area contributed by atoms with Crippen molar-refractivity contribution in [1.82, 2.24) is 0 Å². The number of carbonyl (C=O) groups is 1. The Labute approximate surface area is 130 Å². The largest absolute Gasteiger partial charge is 0.388 e. The van der Waals surface area contributed by atoms with E-state index in [1.54, 1.807) is 48.5 Å². The van der Waals surface area contributed by atoms with Crippen LogP contribution >= 0.6 is 11.6 Å². The van der Waals surface area contributed by atoms with Gasteiger partial charge in [-0.2, -0.15) is 0 Å². The molecule has 0 aromatic heterocycles. The van der Waals surface area contributed by atoms with Crippen molar-refractivity contribution in [3.8, 4) is 0 Å². The molecule has 0 amide bonds. The van der Waals surface area contributed by atoms with Crippen LogP contribution in [0.4, 0.5) is 0 Å². The Bertz CT molecular complexity index is 622. The molecule has 0 fully saturated rings. The SMILES string of the molecule is CC(C)(C)C(O)c1ccc(C(=O)c2ccc(Cl)cc2)cc1. The quantitative estimate of drug-likeness (QED) is 0.838. The monoisotopic (exact) mass is 302 g/mol. The molecule has 0 aliphatic rings. The second kappa shape index (κ2) is 6.00. The smallest absolute Gasteiger partial charge is 0.193 e. The van der Waals surface area contributed by atoms with E-state index in [1.165, 1.54) is 0 Å². The minimum absolute atomic E-state index is 0.0523. The normalized spacial score (nSPS) is 13.0. The van der Waals surface area contributed by atoms with Crippen molar-refractivity contribution in [3.63, 3.8) is 0 Å². The Morgan fingerprint density at radius 3 is 1.81 bits per heavy atom. The number of benzene rings is 2. The van der Waals surface area contributed by atoms with Crippen molar-refractivity contribution in [2.24, 2.45) is 5.41 Å². The highest BCUT2D eigenvalue weighted by molar-refractivity contribution is 6.30. The highest BCUT2D eigenvalue weighted by Gasteiger charge is 2.23. The Balaban J connectivity index is 2.23. The lowest BCUT2D eigenvalue weighted by molar-refractivity contribution is 0.0626. The maximum absolute atomic E-state index is 12.3. The van der Waals surface area contributed by atoms with Crippen molar-refractivity contribution in [3.05, 3.63) is 70.2 Å². The van der Waals surface area contributed by atoms with Gasteiger partial charge in [0.25, 0.3) is 0 Å². The van der Waals surface area contributed by atoms with Gasteiger partial charge in [0.15, 0.2) is 5.78 Å². The molecule has 3 heteroatoms. The molecule has 2 nitrogen and oxygen atoms in total. The van der Waals surface area contributed by atoms with E-state index in [2.05, 4.69) is 0 Å². The van der Waals surface area contributed by atoms with Gasteiger partial charge in [0.1, 0.15) is 0 Å².